The number of H-pyrrole nitrogens is 1. The maximum atomic E-state index is 13.9. The van der Waals surface area contributed by atoms with E-state index in [9.17, 15) is 8.42 Å². The van der Waals surface area contributed by atoms with E-state index in [4.69, 9.17) is 18.7 Å². The molecule has 0 bridgehead atoms. The molecule has 16 heteroatoms. The van der Waals surface area contributed by atoms with Gasteiger partial charge in [-0.3, -0.25) is 9.82 Å². The van der Waals surface area contributed by atoms with Crippen molar-refractivity contribution in [3.8, 4) is 28.6 Å². The summed E-state index contributed by atoms with van der Waals surface area (Å²) < 4.78 is 52.5. The molecule has 0 spiro atoms. The highest BCUT2D eigenvalue weighted by Gasteiger charge is 2.30. The molecule has 3 N–H and O–H groups in total. The van der Waals surface area contributed by atoms with E-state index in [1.165, 1.54) is 21.3 Å². The minimum Gasteiger partial charge on any atom is -0.495 e. The molecule has 1 saturated heterocycles. The van der Waals surface area contributed by atoms with Gasteiger partial charge in [0.2, 0.25) is 0 Å². The molecule has 3 aromatic heterocycles. The second kappa shape index (κ2) is 12.3. The minimum atomic E-state index is -4.31. The Hall–Kier alpha value is -5.09. The Balaban J connectivity index is 1.16. The molecule has 2 fully saturated rings. The number of hydrogen-bond acceptors (Lipinski definition) is 13. The van der Waals surface area contributed by atoms with Gasteiger partial charge in [0.1, 0.15) is 17.2 Å². The summed E-state index contributed by atoms with van der Waals surface area (Å²) in [5.74, 6) is 2.04. The van der Waals surface area contributed by atoms with Crippen molar-refractivity contribution in [2.24, 2.45) is 0 Å². The number of nitrogens with zero attached hydrogens (tertiary/aromatic N) is 6. The van der Waals surface area contributed by atoms with Crippen molar-refractivity contribution in [3.63, 3.8) is 0 Å². The predicted molar refractivity (Wildman–Crippen MR) is 175 cm³/mol. The highest BCUT2D eigenvalue weighted by molar-refractivity contribution is 7.93. The molecule has 47 heavy (non-hydrogen) atoms. The number of piperazine rings is 1. The third-order valence-electron chi connectivity index (χ3n) is 8.39. The van der Waals surface area contributed by atoms with Crippen molar-refractivity contribution in [2.75, 3.05) is 69.5 Å². The molecule has 5 aromatic rings. The Morgan fingerprint density at radius 1 is 0.915 bits per heavy atom. The fourth-order valence-electron chi connectivity index (χ4n) is 5.60. The van der Waals surface area contributed by atoms with Crippen LogP contribution < -0.4 is 29.1 Å². The summed E-state index contributed by atoms with van der Waals surface area (Å²) >= 11 is 0. The first-order chi connectivity index (χ1) is 22.8. The van der Waals surface area contributed by atoms with E-state index in [0.717, 1.165) is 50.4 Å². The molecule has 2 aliphatic rings. The molecule has 7 rings (SSSR count). The average molecular weight is 662 g/mol. The number of rotatable bonds is 11. The number of fused-ring (bicyclic) bond motifs is 1. The minimum absolute atomic E-state index is 0.0309. The van der Waals surface area contributed by atoms with Crippen LogP contribution in [0.5, 0.6) is 17.2 Å². The zero-order valence-electron chi connectivity index (χ0n) is 26.4. The number of likely N-dealkylation sites (N-methyl/N-ethyl adjacent to an activating group) is 1. The summed E-state index contributed by atoms with van der Waals surface area (Å²) in [6, 6.07) is 8.40. The maximum absolute atomic E-state index is 13.9. The van der Waals surface area contributed by atoms with E-state index < -0.39 is 10.0 Å². The SMILES string of the molecule is COc1cc2c(NS(=O)(=O)c3c(OC)cc(-c4ncc(N5CCN(C)CC5)cn4)cc3OC)noc2cc1Nc1cc(C2CC2)[nH]n1. The number of aromatic nitrogens is 5. The molecule has 0 unspecified atom stereocenters. The second-order valence-electron chi connectivity index (χ2n) is 11.6. The smallest absolute Gasteiger partial charge is 0.270 e. The summed E-state index contributed by atoms with van der Waals surface area (Å²) in [6.45, 7) is 3.70. The summed E-state index contributed by atoms with van der Waals surface area (Å²) in [5.41, 5.74) is 3.44. The van der Waals surface area contributed by atoms with Crippen LogP contribution in [-0.4, -0.2) is 93.2 Å². The zero-order chi connectivity index (χ0) is 32.7. The van der Waals surface area contributed by atoms with Crippen LogP contribution in [0.4, 0.5) is 23.0 Å². The summed E-state index contributed by atoms with van der Waals surface area (Å²) in [4.78, 5) is 13.4. The number of sulfonamides is 1. The molecule has 0 radical (unpaired) electrons. The molecular formula is C31H35N9O6S. The van der Waals surface area contributed by atoms with Gasteiger partial charge >= 0.3 is 0 Å². The van der Waals surface area contributed by atoms with Gasteiger partial charge in [-0.05, 0) is 38.1 Å². The van der Waals surface area contributed by atoms with Crippen molar-refractivity contribution in [1.29, 1.82) is 0 Å². The standard InChI is InChI=1S/C31H35N9O6S/c1-39-7-9-40(10-8-39)20-16-32-30(33-17-20)19-11-26(44-3)29(27(12-19)45-4)47(41,42)38-31-21-13-25(43-2)23(14-24(21)46-37-31)34-28-15-22(35-36-28)18-5-6-18/h11-18H,5-10H2,1-4H3,(H,37,38)(H2,34,35,36). The number of aromatic amines is 1. The van der Waals surface area contributed by atoms with Crippen LogP contribution in [0.2, 0.25) is 0 Å². The quantitative estimate of drug-likeness (QED) is 0.184. The molecule has 1 aliphatic carbocycles. The number of ether oxygens (including phenoxy) is 3. The van der Waals surface area contributed by atoms with Gasteiger partial charge in [0, 0.05) is 55.5 Å². The molecular weight excluding hydrogens is 626 g/mol. The Labute approximate surface area is 271 Å². The van der Waals surface area contributed by atoms with Gasteiger partial charge in [0.05, 0.1) is 50.5 Å². The third kappa shape index (κ3) is 6.08. The van der Waals surface area contributed by atoms with Crippen molar-refractivity contribution in [1.82, 2.24) is 30.2 Å². The van der Waals surface area contributed by atoms with Gasteiger partial charge in [0.15, 0.2) is 27.9 Å². The van der Waals surface area contributed by atoms with E-state index in [-0.39, 0.29) is 22.2 Å². The second-order valence-corrected chi connectivity index (χ2v) is 13.2. The van der Waals surface area contributed by atoms with Gasteiger partial charge in [0.25, 0.3) is 10.0 Å². The summed E-state index contributed by atoms with van der Waals surface area (Å²) in [6.07, 6.45) is 5.83. The lowest BCUT2D eigenvalue weighted by Gasteiger charge is -2.33. The average Bonchev–Trinajstić information content (AvgIpc) is 3.72. The zero-order valence-corrected chi connectivity index (χ0v) is 27.2. The fraction of sp³-hybridized carbons (Fsp3) is 0.355. The van der Waals surface area contributed by atoms with Crippen molar-refractivity contribution < 1.29 is 27.2 Å². The lowest BCUT2D eigenvalue weighted by molar-refractivity contribution is 0.312. The Morgan fingerprint density at radius 3 is 2.23 bits per heavy atom. The predicted octanol–water partition coefficient (Wildman–Crippen LogP) is 4.21. The number of methoxy groups -OCH3 is 3. The topological polar surface area (TPSA) is 173 Å². The molecule has 1 saturated carbocycles. The van der Waals surface area contributed by atoms with Crippen LogP contribution in [0.25, 0.3) is 22.4 Å². The fourth-order valence-corrected chi connectivity index (χ4v) is 6.92. The number of nitrogens with one attached hydrogen (secondary N) is 3. The first-order valence-corrected chi connectivity index (χ1v) is 16.6. The highest BCUT2D eigenvalue weighted by atomic mass is 32.2. The van der Waals surface area contributed by atoms with Crippen LogP contribution >= 0.6 is 0 Å². The largest absolute Gasteiger partial charge is 0.495 e. The van der Waals surface area contributed by atoms with Gasteiger partial charge in [-0.25, -0.2) is 18.4 Å². The first-order valence-electron chi connectivity index (χ1n) is 15.1. The number of anilines is 4. The van der Waals surface area contributed by atoms with E-state index in [1.54, 1.807) is 36.7 Å². The van der Waals surface area contributed by atoms with E-state index >= 15 is 0 Å². The molecule has 1 aliphatic heterocycles. The van der Waals surface area contributed by atoms with Gasteiger partial charge in [-0.2, -0.15) is 5.10 Å². The van der Waals surface area contributed by atoms with Crippen LogP contribution in [0.15, 0.2) is 52.1 Å². The lowest BCUT2D eigenvalue weighted by atomic mass is 10.2. The van der Waals surface area contributed by atoms with Gasteiger partial charge in [-0.1, -0.05) is 5.16 Å². The highest BCUT2D eigenvalue weighted by Crippen LogP contribution is 2.42. The van der Waals surface area contributed by atoms with Gasteiger partial charge in [-0.15, -0.1) is 0 Å². The van der Waals surface area contributed by atoms with E-state index in [0.29, 0.717) is 45.5 Å². The summed E-state index contributed by atoms with van der Waals surface area (Å²) in [5, 5.41) is 15.0. The Kier molecular flexibility index (Phi) is 7.97. The van der Waals surface area contributed by atoms with Crippen LogP contribution in [-0.2, 0) is 10.0 Å². The van der Waals surface area contributed by atoms with Crippen LogP contribution in [0, 0.1) is 0 Å². The molecule has 0 atom stereocenters. The molecule has 2 aromatic carbocycles. The van der Waals surface area contributed by atoms with Crippen molar-refractivity contribution in [3.05, 3.63) is 48.4 Å². The van der Waals surface area contributed by atoms with Crippen molar-refractivity contribution in [2.45, 2.75) is 23.7 Å². The van der Waals surface area contributed by atoms with Crippen molar-refractivity contribution >= 4 is 44.0 Å². The Bertz CT molecular complexity index is 1990. The van der Waals surface area contributed by atoms with E-state index in [2.05, 4.69) is 52.2 Å². The van der Waals surface area contributed by atoms with Gasteiger partial charge < -0.3 is 33.9 Å². The Morgan fingerprint density at radius 2 is 1.60 bits per heavy atom. The molecule has 15 nitrogen and oxygen atoms in total. The number of hydrogen-bond donors (Lipinski definition) is 3. The molecule has 4 heterocycles. The molecule has 0 amide bonds. The van der Waals surface area contributed by atoms with Crippen LogP contribution in [0.3, 0.4) is 0 Å². The monoisotopic (exact) mass is 661 g/mol. The third-order valence-corrected chi connectivity index (χ3v) is 9.80. The normalized spacial score (nSPS) is 15.5. The molecule has 246 valence electrons. The summed E-state index contributed by atoms with van der Waals surface area (Å²) in [7, 11) is 2.07. The van der Waals surface area contributed by atoms with Crippen LogP contribution in [0.1, 0.15) is 24.5 Å². The number of benzene rings is 2. The lowest BCUT2D eigenvalue weighted by Crippen LogP contribution is -2.44. The maximum Gasteiger partial charge on any atom is 0.270 e. The van der Waals surface area contributed by atoms with E-state index in [1.807, 2.05) is 6.07 Å². The first kappa shape index (κ1) is 30.6.